The Labute approximate surface area is 141 Å². The molecule has 3 rings (SSSR count). The van der Waals surface area contributed by atoms with Crippen molar-refractivity contribution in [3.8, 4) is 0 Å². The molecule has 2 aromatic rings. The van der Waals surface area contributed by atoms with Crippen LogP contribution in [0.25, 0.3) is 0 Å². The minimum absolute atomic E-state index is 0.0428. The van der Waals surface area contributed by atoms with E-state index in [1.807, 2.05) is 0 Å². The number of carbonyl (C=O) groups is 1. The Bertz CT molecular complexity index is 861. The lowest BCUT2D eigenvalue weighted by Gasteiger charge is -2.13. The molecule has 0 spiro atoms. The van der Waals surface area contributed by atoms with Gasteiger partial charge in [0.1, 0.15) is 11.9 Å². The van der Waals surface area contributed by atoms with Gasteiger partial charge in [-0.05, 0) is 43.0 Å². The van der Waals surface area contributed by atoms with Crippen molar-refractivity contribution in [3.05, 3.63) is 56.3 Å². The third-order valence-electron chi connectivity index (χ3n) is 3.97. The molecule has 0 bridgehead atoms. The summed E-state index contributed by atoms with van der Waals surface area (Å²) in [5.41, 5.74) is 1.30. The standard InChI is InChI=1S/C16H15ClFN3O3/c1-8-4-9(6-10(18)5-8)7-19-14-15(22)21-11(13(17)20-14)2-3-12(21)16(23)24/h4-6,12H,2-3,7H2,1H3,(H,19,20)(H,23,24)/t12-/m0/s1. The van der Waals surface area contributed by atoms with E-state index in [0.29, 0.717) is 24.1 Å². The van der Waals surface area contributed by atoms with Crippen LogP contribution in [0.4, 0.5) is 10.2 Å². The van der Waals surface area contributed by atoms with Gasteiger partial charge in [-0.2, -0.15) is 0 Å². The predicted molar refractivity (Wildman–Crippen MR) is 87.0 cm³/mol. The molecule has 24 heavy (non-hydrogen) atoms. The van der Waals surface area contributed by atoms with Gasteiger partial charge in [0, 0.05) is 6.54 Å². The lowest BCUT2D eigenvalue weighted by molar-refractivity contribution is -0.140. The first kappa shape index (κ1) is 16.4. The summed E-state index contributed by atoms with van der Waals surface area (Å²) in [5, 5.41) is 12.2. The van der Waals surface area contributed by atoms with Crippen molar-refractivity contribution in [2.75, 3.05) is 5.32 Å². The second kappa shape index (κ2) is 6.24. The van der Waals surface area contributed by atoms with Gasteiger partial charge >= 0.3 is 5.97 Å². The molecule has 126 valence electrons. The number of anilines is 1. The van der Waals surface area contributed by atoms with Gasteiger partial charge in [-0.15, -0.1) is 0 Å². The summed E-state index contributed by atoms with van der Waals surface area (Å²) in [6.07, 6.45) is 0.694. The Kier molecular flexibility index (Phi) is 4.28. The van der Waals surface area contributed by atoms with E-state index in [2.05, 4.69) is 10.3 Å². The normalized spacial score (nSPS) is 16.0. The molecule has 2 heterocycles. The van der Waals surface area contributed by atoms with Crippen molar-refractivity contribution in [3.63, 3.8) is 0 Å². The van der Waals surface area contributed by atoms with E-state index in [1.165, 1.54) is 16.7 Å². The lowest BCUT2D eigenvalue weighted by atomic mass is 10.1. The third kappa shape index (κ3) is 2.99. The molecular formula is C16H15ClFN3O3. The molecule has 0 fully saturated rings. The summed E-state index contributed by atoms with van der Waals surface area (Å²) < 4.78 is 14.6. The van der Waals surface area contributed by atoms with Crippen molar-refractivity contribution < 1.29 is 14.3 Å². The Morgan fingerprint density at radius 2 is 2.25 bits per heavy atom. The maximum absolute atomic E-state index is 13.4. The van der Waals surface area contributed by atoms with E-state index < -0.39 is 17.6 Å². The zero-order valence-corrected chi connectivity index (χ0v) is 13.6. The minimum Gasteiger partial charge on any atom is -0.480 e. The molecule has 0 unspecified atom stereocenters. The van der Waals surface area contributed by atoms with Crippen LogP contribution < -0.4 is 10.9 Å². The van der Waals surface area contributed by atoms with Crippen LogP contribution in [0.5, 0.6) is 0 Å². The van der Waals surface area contributed by atoms with E-state index in [4.69, 9.17) is 11.6 Å². The van der Waals surface area contributed by atoms with Crippen LogP contribution in [-0.2, 0) is 17.8 Å². The topological polar surface area (TPSA) is 84.2 Å². The summed E-state index contributed by atoms with van der Waals surface area (Å²) >= 11 is 6.09. The number of aryl methyl sites for hydroxylation is 1. The Morgan fingerprint density at radius 3 is 2.92 bits per heavy atom. The largest absolute Gasteiger partial charge is 0.480 e. The Balaban J connectivity index is 1.92. The van der Waals surface area contributed by atoms with Crippen molar-refractivity contribution in [2.24, 2.45) is 0 Å². The number of benzene rings is 1. The molecule has 0 amide bonds. The van der Waals surface area contributed by atoms with Crippen molar-refractivity contribution in [1.82, 2.24) is 9.55 Å². The van der Waals surface area contributed by atoms with Crippen molar-refractivity contribution in [1.29, 1.82) is 0 Å². The number of nitrogens with zero attached hydrogens (tertiary/aromatic N) is 2. The van der Waals surface area contributed by atoms with Gasteiger partial charge in [0.2, 0.25) is 0 Å². The number of halogens is 2. The molecule has 1 aromatic carbocycles. The number of aliphatic carboxylic acids is 1. The maximum Gasteiger partial charge on any atom is 0.326 e. The smallest absolute Gasteiger partial charge is 0.326 e. The highest BCUT2D eigenvalue weighted by atomic mass is 35.5. The highest BCUT2D eigenvalue weighted by Gasteiger charge is 2.32. The average Bonchev–Trinajstić information content (AvgIpc) is 2.94. The molecular weight excluding hydrogens is 337 g/mol. The number of carboxylic acids is 1. The zero-order valence-electron chi connectivity index (χ0n) is 12.8. The molecule has 1 aliphatic rings. The summed E-state index contributed by atoms with van der Waals surface area (Å²) in [5.74, 6) is -1.49. The number of rotatable bonds is 4. The van der Waals surface area contributed by atoms with E-state index in [1.54, 1.807) is 13.0 Å². The maximum atomic E-state index is 13.4. The fourth-order valence-electron chi connectivity index (χ4n) is 2.95. The first-order valence-electron chi connectivity index (χ1n) is 7.40. The molecule has 0 radical (unpaired) electrons. The van der Waals surface area contributed by atoms with Crippen LogP contribution in [0, 0.1) is 12.7 Å². The van der Waals surface area contributed by atoms with Gasteiger partial charge in [0.15, 0.2) is 11.0 Å². The van der Waals surface area contributed by atoms with E-state index in [0.717, 1.165) is 5.56 Å². The summed E-state index contributed by atoms with van der Waals surface area (Å²) in [4.78, 5) is 27.9. The quantitative estimate of drug-likeness (QED) is 0.884. The minimum atomic E-state index is -1.08. The van der Waals surface area contributed by atoms with Gasteiger partial charge in [-0.25, -0.2) is 14.2 Å². The fraction of sp³-hybridized carbons (Fsp3) is 0.312. The molecule has 1 aromatic heterocycles. The number of aromatic nitrogens is 2. The number of fused-ring (bicyclic) bond motifs is 1. The van der Waals surface area contributed by atoms with Gasteiger partial charge in [0.25, 0.3) is 5.56 Å². The molecule has 0 saturated carbocycles. The summed E-state index contributed by atoms with van der Waals surface area (Å²) in [6.45, 7) is 1.94. The molecule has 0 saturated heterocycles. The van der Waals surface area contributed by atoms with E-state index in [9.17, 15) is 19.1 Å². The van der Waals surface area contributed by atoms with Crippen molar-refractivity contribution >= 4 is 23.4 Å². The number of hydrogen-bond donors (Lipinski definition) is 2. The predicted octanol–water partition coefficient (Wildman–Crippen LogP) is 2.53. The molecule has 8 heteroatoms. The van der Waals surface area contributed by atoms with Gasteiger partial charge in [0.05, 0.1) is 5.69 Å². The van der Waals surface area contributed by atoms with Gasteiger partial charge in [-0.3, -0.25) is 9.36 Å². The Hall–Kier alpha value is -2.41. The van der Waals surface area contributed by atoms with Gasteiger partial charge < -0.3 is 10.4 Å². The van der Waals surface area contributed by atoms with Gasteiger partial charge in [-0.1, -0.05) is 17.7 Å². The van der Waals surface area contributed by atoms with Crippen LogP contribution >= 0.6 is 11.6 Å². The van der Waals surface area contributed by atoms with Crippen LogP contribution in [0.3, 0.4) is 0 Å². The van der Waals surface area contributed by atoms with E-state index in [-0.39, 0.29) is 23.3 Å². The molecule has 0 aliphatic carbocycles. The second-order valence-corrected chi connectivity index (χ2v) is 6.11. The molecule has 2 N–H and O–H groups in total. The van der Waals surface area contributed by atoms with Crippen LogP contribution in [0.1, 0.15) is 29.3 Å². The zero-order chi connectivity index (χ0) is 17.4. The SMILES string of the molecule is Cc1cc(F)cc(CNc2nc(Cl)c3n(c2=O)[C@H](C(=O)O)CC3)c1. The molecule has 6 nitrogen and oxygen atoms in total. The number of carboxylic acid groups (broad SMARTS) is 1. The fourth-order valence-corrected chi connectivity index (χ4v) is 3.22. The van der Waals surface area contributed by atoms with Crippen LogP contribution in [-0.4, -0.2) is 20.6 Å². The second-order valence-electron chi connectivity index (χ2n) is 5.76. The molecule has 1 atom stereocenters. The average molecular weight is 352 g/mol. The first-order valence-corrected chi connectivity index (χ1v) is 7.78. The number of hydrogen-bond acceptors (Lipinski definition) is 4. The first-order chi connectivity index (χ1) is 11.4. The Morgan fingerprint density at radius 1 is 1.50 bits per heavy atom. The van der Waals surface area contributed by atoms with Crippen LogP contribution in [0.15, 0.2) is 23.0 Å². The third-order valence-corrected chi connectivity index (χ3v) is 4.28. The molecule has 1 aliphatic heterocycles. The van der Waals surface area contributed by atoms with Crippen LogP contribution in [0.2, 0.25) is 5.15 Å². The highest BCUT2D eigenvalue weighted by molar-refractivity contribution is 6.30. The highest BCUT2D eigenvalue weighted by Crippen LogP contribution is 2.28. The lowest BCUT2D eigenvalue weighted by Crippen LogP contribution is -2.30. The summed E-state index contributed by atoms with van der Waals surface area (Å²) in [6, 6.07) is 3.60. The number of nitrogens with one attached hydrogen (secondary N) is 1. The van der Waals surface area contributed by atoms with E-state index >= 15 is 0 Å². The monoisotopic (exact) mass is 351 g/mol. The van der Waals surface area contributed by atoms with Crippen molar-refractivity contribution in [2.45, 2.75) is 32.4 Å². The summed E-state index contributed by atoms with van der Waals surface area (Å²) in [7, 11) is 0.